The number of hydrogen-bond donors (Lipinski definition) is 1. The van der Waals surface area contributed by atoms with Crippen molar-refractivity contribution in [2.75, 3.05) is 0 Å². The van der Waals surface area contributed by atoms with Gasteiger partial charge in [-0.15, -0.1) is 0 Å². The molecule has 0 spiro atoms. The quantitative estimate of drug-likeness (QED) is 0.775. The third-order valence-corrected chi connectivity index (χ3v) is 3.55. The molecule has 0 aromatic carbocycles. The summed E-state index contributed by atoms with van der Waals surface area (Å²) in [6.45, 7) is 0.241. The van der Waals surface area contributed by atoms with Crippen molar-refractivity contribution in [2.45, 2.75) is 12.7 Å². The molecule has 0 fully saturated rings. The number of halogens is 3. The van der Waals surface area contributed by atoms with Crippen molar-refractivity contribution in [1.82, 2.24) is 20.3 Å². The molecule has 0 bridgehead atoms. The Morgan fingerprint density at radius 3 is 2.54 bits per heavy atom. The molecule has 1 amide bonds. The van der Waals surface area contributed by atoms with Gasteiger partial charge in [-0.25, -0.2) is 0 Å². The molecule has 0 saturated carbocycles. The Balaban J connectivity index is 1.68. The van der Waals surface area contributed by atoms with Gasteiger partial charge in [-0.1, -0.05) is 6.07 Å². The number of carbonyl (C=O) groups is 1. The van der Waals surface area contributed by atoms with E-state index in [1.807, 2.05) is 0 Å². The van der Waals surface area contributed by atoms with Crippen LogP contribution in [0.15, 0.2) is 61.2 Å². The zero-order valence-corrected chi connectivity index (χ0v) is 13.4. The van der Waals surface area contributed by atoms with E-state index < -0.39 is 11.9 Å². The van der Waals surface area contributed by atoms with E-state index in [9.17, 15) is 18.0 Å². The zero-order valence-electron chi connectivity index (χ0n) is 13.4. The molecule has 0 unspecified atom stereocenters. The van der Waals surface area contributed by atoms with E-state index in [1.54, 1.807) is 30.5 Å². The van der Waals surface area contributed by atoms with Crippen molar-refractivity contribution < 1.29 is 18.0 Å². The maximum atomic E-state index is 12.7. The van der Waals surface area contributed by atoms with Crippen molar-refractivity contribution in [3.8, 4) is 11.3 Å². The predicted octanol–water partition coefficient (Wildman–Crippen LogP) is 3.49. The average molecular weight is 358 g/mol. The fourth-order valence-electron chi connectivity index (χ4n) is 2.23. The number of nitrogens with one attached hydrogen (secondary N) is 1. The van der Waals surface area contributed by atoms with Crippen LogP contribution in [0.1, 0.15) is 21.6 Å². The smallest absolute Gasteiger partial charge is 0.348 e. The van der Waals surface area contributed by atoms with Gasteiger partial charge in [0.25, 0.3) is 5.91 Å². The van der Waals surface area contributed by atoms with Gasteiger partial charge in [0.1, 0.15) is 5.69 Å². The standard InChI is InChI=1S/C18H13F3N4O/c19-18(20,21)16-8-13(5-7-23-16)15-4-3-12(9-24-15)10-25-17(26)14-2-1-6-22-11-14/h1-9,11H,10H2,(H,25,26). The fraction of sp³-hybridized carbons (Fsp3) is 0.111. The van der Waals surface area contributed by atoms with Crippen LogP contribution in [0, 0.1) is 0 Å². The van der Waals surface area contributed by atoms with Crippen molar-refractivity contribution in [2.24, 2.45) is 0 Å². The second kappa shape index (κ2) is 7.30. The Labute approximate surface area is 147 Å². The minimum atomic E-state index is -4.51. The van der Waals surface area contributed by atoms with E-state index in [0.29, 0.717) is 16.8 Å². The summed E-state index contributed by atoms with van der Waals surface area (Å²) in [5.74, 6) is -0.272. The second-order valence-electron chi connectivity index (χ2n) is 5.40. The predicted molar refractivity (Wildman–Crippen MR) is 87.9 cm³/mol. The van der Waals surface area contributed by atoms with Crippen LogP contribution in [0.5, 0.6) is 0 Å². The normalized spacial score (nSPS) is 11.2. The number of nitrogens with zero attached hydrogens (tertiary/aromatic N) is 3. The molecule has 8 heteroatoms. The lowest BCUT2D eigenvalue weighted by atomic mass is 10.1. The average Bonchev–Trinajstić information content (AvgIpc) is 2.66. The molecular formula is C18H13F3N4O. The monoisotopic (exact) mass is 358 g/mol. The molecule has 26 heavy (non-hydrogen) atoms. The largest absolute Gasteiger partial charge is 0.433 e. The van der Waals surface area contributed by atoms with Gasteiger partial charge in [0.15, 0.2) is 0 Å². The van der Waals surface area contributed by atoms with E-state index in [-0.39, 0.29) is 12.5 Å². The summed E-state index contributed by atoms with van der Waals surface area (Å²) >= 11 is 0. The summed E-state index contributed by atoms with van der Waals surface area (Å²) in [6, 6.07) is 9.01. The third kappa shape index (κ3) is 4.21. The summed E-state index contributed by atoms with van der Waals surface area (Å²) in [5.41, 5.74) is 0.896. The Morgan fingerprint density at radius 2 is 1.88 bits per heavy atom. The number of alkyl halides is 3. The maximum absolute atomic E-state index is 12.7. The van der Waals surface area contributed by atoms with Gasteiger partial charge in [-0.2, -0.15) is 13.2 Å². The Morgan fingerprint density at radius 1 is 1.04 bits per heavy atom. The number of rotatable bonds is 4. The molecule has 0 radical (unpaired) electrons. The molecule has 1 N–H and O–H groups in total. The summed E-state index contributed by atoms with van der Waals surface area (Å²) in [7, 11) is 0. The molecular weight excluding hydrogens is 345 g/mol. The summed E-state index contributed by atoms with van der Waals surface area (Å²) in [5, 5.41) is 2.73. The minimum absolute atomic E-state index is 0.241. The molecule has 3 heterocycles. The lowest BCUT2D eigenvalue weighted by Crippen LogP contribution is -2.22. The molecule has 3 rings (SSSR count). The summed E-state index contributed by atoms with van der Waals surface area (Å²) < 4.78 is 38.2. The number of aromatic nitrogens is 3. The van der Waals surface area contributed by atoms with Gasteiger partial charge in [-0.05, 0) is 35.9 Å². The van der Waals surface area contributed by atoms with Gasteiger partial charge >= 0.3 is 6.18 Å². The Bertz CT molecular complexity index is 896. The van der Waals surface area contributed by atoms with Crippen LogP contribution in [0.2, 0.25) is 0 Å². The molecule has 3 aromatic rings. The van der Waals surface area contributed by atoms with E-state index >= 15 is 0 Å². The van der Waals surface area contributed by atoms with E-state index in [1.165, 1.54) is 18.5 Å². The number of carbonyl (C=O) groups excluding carboxylic acids is 1. The van der Waals surface area contributed by atoms with Crippen molar-refractivity contribution in [1.29, 1.82) is 0 Å². The van der Waals surface area contributed by atoms with Crippen LogP contribution in [0.25, 0.3) is 11.3 Å². The van der Waals surface area contributed by atoms with Crippen LogP contribution in [-0.4, -0.2) is 20.9 Å². The molecule has 0 aliphatic rings. The first-order valence-corrected chi connectivity index (χ1v) is 7.60. The highest BCUT2D eigenvalue weighted by Gasteiger charge is 2.32. The molecule has 132 valence electrons. The maximum Gasteiger partial charge on any atom is 0.433 e. The van der Waals surface area contributed by atoms with Gasteiger partial charge in [0.2, 0.25) is 0 Å². The molecule has 3 aromatic heterocycles. The highest BCUT2D eigenvalue weighted by Crippen LogP contribution is 2.29. The van der Waals surface area contributed by atoms with Crippen molar-refractivity contribution >= 4 is 5.91 Å². The third-order valence-electron chi connectivity index (χ3n) is 3.55. The van der Waals surface area contributed by atoms with Gasteiger partial charge in [-0.3, -0.25) is 19.7 Å². The minimum Gasteiger partial charge on any atom is -0.348 e. The van der Waals surface area contributed by atoms with Crippen LogP contribution in [0.4, 0.5) is 13.2 Å². The lowest BCUT2D eigenvalue weighted by Gasteiger charge is -2.08. The highest BCUT2D eigenvalue weighted by molar-refractivity contribution is 5.93. The first kappa shape index (κ1) is 17.5. The Kier molecular flexibility index (Phi) is 4.92. The molecule has 5 nitrogen and oxygen atoms in total. The number of amides is 1. The van der Waals surface area contributed by atoms with E-state index in [0.717, 1.165) is 17.8 Å². The van der Waals surface area contributed by atoms with Crippen LogP contribution in [0.3, 0.4) is 0 Å². The SMILES string of the molecule is O=C(NCc1ccc(-c2ccnc(C(F)(F)F)c2)nc1)c1cccnc1. The summed E-state index contributed by atoms with van der Waals surface area (Å²) in [4.78, 5) is 23.3. The Hall–Kier alpha value is -3.29. The van der Waals surface area contributed by atoms with Gasteiger partial charge in [0.05, 0.1) is 11.3 Å². The zero-order chi connectivity index (χ0) is 18.6. The van der Waals surface area contributed by atoms with Crippen LogP contribution in [-0.2, 0) is 12.7 Å². The topological polar surface area (TPSA) is 67.8 Å². The number of pyridine rings is 3. The van der Waals surface area contributed by atoms with Crippen LogP contribution >= 0.6 is 0 Å². The lowest BCUT2D eigenvalue weighted by molar-refractivity contribution is -0.141. The van der Waals surface area contributed by atoms with Gasteiger partial charge in [0, 0.05) is 36.9 Å². The summed E-state index contributed by atoms with van der Waals surface area (Å²) in [6.07, 6.45) is 1.13. The second-order valence-corrected chi connectivity index (χ2v) is 5.40. The molecule has 0 saturated heterocycles. The highest BCUT2D eigenvalue weighted by atomic mass is 19.4. The first-order chi connectivity index (χ1) is 12.4. The van der Waals surface area contributed by atoms with Crippen LogP contribution < -0.4 is 5.32 Å². The van der Waals surface area contributed by atoms with E-state index in [4.69, 9.17) is 0 Å². The van der Waals surface area contributed by atoms with E-state index in [2.05, 4.69) is 20.3 Å². The molecule has 0 aliphatic heterocycles. The van der Waals surface area contributed by atoms with Gasteiger partial charge < -0.3 is 5.32 Å². The fourth-order valence-corrected chi connectivity index (χ4v) is 2.23. The van der Waals surface area contributed by atoms with Crippen molar-refractivity contribution in [3.05, 3.63) is 78.0 Å². The molecule has 0 aliphatic carbocycles. The first-order valence-electron chi connectivity index (χ1n) is 7.60. The number of hydrogen-bond acceptors (Lipinski definition) is 4. The van der Waals surface area contributed by atoms with Crippen molar-refractivity contribution in [3.63, 3.8) is 0 Å². The molecule has 0 atom stereocenters.